The Morgan fingerprint density at radius 3 is 2.19 bits per heavy atom. The number of benzene rings is 3. The minimum atomic E-state index is -0.765. The van der Waals surface area contributed by atoms with Crippen LogP contribution in [0.15, 0.2) is 78.4 Å². The molecule has 0 bridgehead atoms. The summed E-state index contributed by atoms with van der Waals surface area (Å²) >= 11 is 0. The van der Waals surface area contributed by atoms with Crippen molar-refractivity contribution in [2.24, 2.45) is 5.92 Å². The number of para-hydroxylation sites is 1. The Bertz CT molecular complexity index is 1290. The molecule has 1 atom stereocenters. The quantitative estimate of drug-likeness (QED) is 0.264. The van der Waals surface area contributed by atoms with E-state index in [1.807, 2.05) is 74.4 Å². The molecule has 1 unspecified atom stereocenters. The van der Waals surface area contributed by atoms with Crippen LogP contribution in [-0.4, -0.2) is 37.5 Å². The summed E-state index contributed by atoms with van der Waals surface area (Å²) < 4.78 is 5.74. The normalized spacial score (nSPS) is 17.1. The Kier molecular flexibility index (Phi) is 7.15. The maximum absolute atomic E-state index is 13.4. The summed E-state index contributed by atoms with van der Waals surface area (Å²) in [4.78, 5) is 30.2. The molecule has 0 radical (unpaired) electrons. The van der Waals surface area contributed by atoms with Crippen molar-refractivity contribution in [1.82, 2.24) is 0 Å². The zero-order valence-corrected chi connectivity index (χ0v) is 21.4. The lowest BCUT2D eigenvalue weighted by Gasteiger charge is -2.27. The number of rotatable bonds is 7. The molecule has 1 heterocycles. The Morgan fingerprint density at radius 2 is 1.61 bits per heavy atom. The van der Waals surface area contributed by atoms with Crippen molar-refractivity contribution in [3.63, 3.8) is 0 Å². The van der Waals surface area contributed by atoms with E-state index in [9.17, 15) is 14.7 Å². The SMILES string of the molecule is Cc1ccccc1N1C(=O)C(=O)/C(=C(\O)c2ccc(OCC(C)C)cc2)C1c1ccc(N(C)C)cc1. The number of Topliss-reactive ketones (excluding diaryl/α,β-unsaturated/α-hetero) is 1. The van der Waals surface area contributed by atoms with Gasteiger partial charge < -0.3 is 14.7 Å². The first-order valence-corrected chi connectivity index (χ1v) is 12.1. The molecule has 4 rings (SSSR count). The number of aliphatic hydroxyl groups is 1. The molecule has 1 saturated heterocycles. The van der Waals surface area contributed by atoms with Gasteiger partial charge in [-0.3, -0.25) is 14.5 Å². The first kappa shape index (κ1) is 25.0. The highest BCUT2D eigenvalue weighted by atomic mass is 16.5. The van der Waals surface area contributed by atoms with Gasteiger partial charge in [0.05, 0.1) is 18.2 Å². The fourth-order valence-corrected chi connectivity index (χ4v) is 4.31. The van der Waals surface area contributed by atoms with Crippen LogP contribution in [-0.2, 0) is 9.59 Å². The highest BCUT2D eigenvalue weighted by Gasteiger charge is 2.47. The fraction of sp³-hybridized carbons (Fsp3) is 0.267. The molecular weight excluding hydrogens is 452 g/mol. The van der Waals surface area contributed by atoms with Crippen LogP contribution in [0.3, 0.4) is 0 Å². The van der Waals surface area contributed by atoms with Gasteiger partial charge in [0, 0.05) is 31.0 Å². The van der Waals surface area contributed by atoms with Crippen LogP contribution in [0.25, 0.3) is 5.76 Å². The number of carbonyl (C=O) groups excluding carboxylic acids is 2. The lowest BCUT2D eigenvalue weighted by Crippen LogP contribution is -2.30. The van der Waals surface area contributed by atoms with Crippen molar-refractivity contribution < 1.29 is 19.4 Å². The van der Waals surface area contributed by atoms with E-state index in [2.05, 4.69) is 13.8 Å². The smallest absolute Gasteiger partial charge is 0.300 e. The van der Waals surface area contributed by atoms with E-state index < -0.39 is 17.7 Å². The van der Waals surface area contributed by atoms with Crippen LogP contribution in [0.2, 0.25) is 0 Å². The van der Waals surface area contributed by atoms with Crippen LogP contribution in [0.5, 0.6) is 5.75 Å². The topological polar surface area (TPSA) is 70.1 Å². The second-order valence-corrected chi connectivity index (χ2v) is 9.67. The summed E-state index contributed by atoms with van der Waals surface area (Å²) in [7, 11) is 3.89. The maximum Gasteiger partial charge on any atom is 0.300 e. The fourth-order valence-electron chi connectivity index (χ4n) is 4.31. The lowest BCUT2D eigenvalue weighted by atomic mass is 9.94. The Labute approximate surface area is 212 Å². The van der Waals surface area contributed by atoms with Gasteiger partial charge in [-0.25, -0.2) is 0 Å². The monoisotopic (exact) mass is 484 g/mol. The molecule has 186 valence electrons. The van der Waals surface area contributed by atoms with Crippen molar-refractivity contribution in [2.75, 3.05) is 30.5 Å². The Morgan fingerprint density at radius 1 is 0.972 bits per heavy atom. The summed E-state index contributed by atoms with van der Waals surface area (Å²) in [6.07, 6.45) is 0. The van der Waals surface area contributed by atoms with Crippen molar-refractivity contribution in [2.45, 2.75) is 26.8 Å². The summed E-state index contributed by atoms with van der Waals surface area (Å²) in [6.45, 7) is 6.62. The molecule has 6 heteroatoms. The van der Waals surface area contributed by atoms with Crippen LogP contribution in [0, 0.1) is 12.8 Å². The second kappa shape index (κ2) is 10.3. The van der Waals surface area contributed by atoms with Gasteiger partial charge in [0.2, 0.25) is 0 Å². The first-order valence-electron chi connectivity index (χ1n) is 12.1. The molecule has 36 heavy (non-hydrogen) atoms. The van der Waals surface area contributed by atoms with Crippen molar-refractivity contribution in [1.29, 1.82) is 0 Å². The molecule has 1 N–H and O–H groups in total. The van der Waals surface area contributed by atoms with E-state index in [-0.39, 0.29) is 11.3 Å². The minimum Gasteiger partial charge on any atom is -0.507 e. The summed E-state index contributed by atoms with van der Waals surface area (Å²) in [6, 6.07) is 21.3. The van der Waals surface area contributed by atoms with Crippen molar-refractivity contribution in [3.8, 4) is 5.75 Å². The lowest BCUT2D eigenvalue weighted by molar-refractivity contribution is -0.132. The van der Waals surface area contributed by atoms with Gasteiger partial charge in [-0.1, -0.05) is 44.2 Å². The van der Waals surface area contributed by atoms with Crippen LogP contribution >= 0.6 is 0 Å². The number of nitrogens with zero attached hydrogens (tertiary/aromatic N) is 2. The average Bonchev–Trinajstić information content (AvgIpc) is 3.13. The highest BCUT2D eigenvalue weighted by Crippen LogP contribution is 2.43. The van der Waals surface area contributed by atoms with E-state index >= 15 is 0 Å². The van der Waals surface area contributed by atoms with Crippen LogP contribution in [0.1, 0.15) is 36.6 Å². The van der Waals surface area contributed by atoms with Gasteiger partial charge in [-0.05, 0) is 66.4 Å². The van der Waals surface area contributed by atoms with E-state index in [1.54, 1.807) is 24.3 Å². The third kappa shape index (κ3) is 4.85. The Hall–Kier alpha value is -4.06. The van der Waals surface area contributed by atoms with E-state index in [1.165, 1.54) is 4.90 Å². The molecule has 0 aromatic heterocycles. The van der Waals surface area contributed by atoms with Crippen LogP contribution < -0.4 is 14.5 Å². The number of ketones is 1. The molecular formula is C30H32N2O4. The number of hydrogen-bond donors (Lipinski definition) is 1. The molecule has 0 aliphatic carbocycles. The summed E-state index contributed by atoms with van der Waals surface area (Å²) in [5, 5.41) is 11.4. The van der Waals surface area contributed by atoms with Gasteiger partial charge in [-0.2, -0.15) is 0 Å². The third-order valence-electron chi connectivity index (χ3n) is 6.26. The maximum atomic E-state index is 13.4. The van der Waals surface area contributed by atoms with E-state index in [0.717, 1.165) is 16.8 Å². The molecule has 1 amide bonds. The number of carbonyl (C=O) groups is 2. The van der Waals surface area contributed by atoms with Crippen molar-refractivity contribution in [3.05, 3.63) is 95.1 Å². The Balaban J connectivity index is 1.83. The minimum absolute atomic E-state index is 0.0664. The summed E-state index contributed by atoms with van der Waals surface area (Å²) in [5.41, 5.74) is 3.74. The molecule has 6 nitrogen and oxygen atoms in total. The molecule has 3 aromatic rings. The van der Waals surface area contributed by atoms with Gasteiger partial charge in [0.15, 0.2) is 0 Å². The predicted octanol–water partition coefficient (Wildman–Crippen LogP) is 5.72. The standard InChI is InChI=1S/C30H32N2O4/c1-19(2)18-36-24-16-12-22(13-17-24)28(33)26-27(21-10-14-23(15-11-21)31(4)5)32(30(35)29(26)34)25-9-7-6-8-20(25)3/h6-17,19,27,33H,18H2,1-5H3/b28-26-. The molecule has 1 fully saturated rings. The molecule has 1 aliphatic rings. The molecule has 0 saturated carbocycles. The number of hydrogen-bond acceptors (Lipinski definition) is 5. The van der Waals surface area contributed by atoms with Crippen LogP contribution in [0.4, 0.5) is 11.4 Å². The van der Waals surface area contributed by atoms with E-state index in [0.29, 0.717) is 29.5 Å². The van der Waals surface area contributed by atoms with Gasteiger partial charge in [0.25, 0.3) is 11.7 Å². The zero-order valence-electron chi connectivity index (χ0n) is 21.4. The molecule has 3 aromatic carbocycles. The number of aryl methyl sites for hydroxylation is 1. The number of ether oxygens (including phenoxy) is 1. The zero-order chi connectivity index (χ0) is 26.0. The first-order chi connectivity index (χ1) is 17.2. The molecule has 0 spiro atoms. The third-order valence-corrected chi connectivity index (χ3v) is 6.26. The van der Waals surface area contributed by atoms with Crippen molar-refractivity contribution >= 4 is 28.8 Å². The predicted molar refractivity (Wildman–Crippen MR) is 144 cm³/mol. The largest absolute Gasteiger partial charge is 0.507 e. The second-order valence-electron chi connectivity index (χ2n) is 9.67. The molecule has 1 aliphatic heterocycles. The van der Waals surface area contributed by atoms with Gasteiger partial charge >= 0.3 is 0 Å². The number of aliphatic hydroxyl groups excluding tert-OH is 1. The highest BCUT2D eigenvalue weighted by molar-refractivity contribution is 6.51. The van der Waals surface area contributed by atoms with Gasteiger partial charge in [-0.15, -0.1) is 0 Å². The number of anilines is 2. The average molecular weight is 485 g/mol. The summed E-state index contributed by atoms with van der Waals surface area (Å²) in [5.74, 6) is -0.519. The van der Waals surface area contributed by atoms with E-state index in [4.69, 9.17) is 4.74 Å². The van der Waals surface area contributed by atoms with Gasteiger partial charge in [0.1, 0.15) is 11.5 Å². The number of amides is 1.